The molecular formula is C13H28OSi. The third kappa shape index (κ3) is 2.65. The van der Waals surface area contributed by atoms with Gasteiger partial charge in [0.25, 0.3) is 0 Å². The molecule has 0 aliphatic heterocycles. The van der Waals surface area contributed by atoms with Crippen LogP contribution in [0, 0.1) is 17.8 Å². The van der Waals surface area contributed by atoms with Crippen molar-refractivity contribution < 1.29 is 5.11 Å². The van der Waals surface area contributed by atoms with Gasteiger partial charge < -0.3 is 5.11 Å². The summed E-state index contributed by atoms with van der Waals surface area (Å²) in [7, 11) is -1.05. The molecule has 0 saturated heterocycles. The van der Waals surface area contributed by atoms with E-state index >= 15 is 0 Å². The van der Waals surface area contributed by atoms with Gasteiger partial charge in [0.1, 0.15) is 0 Å². The summed E-state index contributed by atoms with van der Waals surface area (Å²) in [6.45, 7) is 13.8. The summed E-state index contributed by atoms with van der Waals surface area (Å²) in [5, 5.41) is 10.9. The van der Waals surface area contributed by atoms with Crippen molar-refractivity contribution in [3.8, 4) is 0 Å². The average Bonchev–Trinajstić information content (AvgIpc) is 2.31. The van der Waals surface area contributed by atoms with Crippen molar-refractivity contribution in [2.75, 3.05) is 0 Å². The van der Waals surface area contributed by atoms with Gasteiger partial charge in [0.05, 0.1) is 5.60 Å². The first-order valence-corrected chi connectivity index (χ1v) is 10.1. The molecule has 15 heavy (non-hydrogen) atoms. The van der Waals surface area contributed by atoms with Crippen molar-refractivity contribution in [2.24, 2.45) is 17.8 Å². The Kier molecular flexibility index (Phi) is 3.72. The minimum absolute atomic E-state index is 0.389. The monoisotopic (exact) mass is 228 g/mol. The summed E-state index contributed by atoms with van der Waals surface area (Å²) in [6.07, 6.45) is 2.45. The molecule has 90 valence electrons. The van der Waals surface area contributed by atoms with Gasteiger partial charge in [-0.3, -0.25) is 0 Å². The van der Waals surface area contributed by atoms with Gasteiger partial charge in [-0.2, -0.15) is 0 Å². The van der Waals surface area contributed by atoms with Gasteiger partial charge in [-0.15, -0.1) is 0 Å². The molecule has 1 aliphatic rings. The van der Waals surface area contributed by atoms with Crippen molar-refractivity contribution in [1.29, 1.82) is 0 Å². The zero-order valence-corrected chi connectivity index (χ0v) is 12.3. The maximum atomic E-state index is 10.9. The molecule has 1 saturated carbocycles. The Balaban J connectivity index is 2.81. The molecule has 0 amide bonds. The van der Waals surface area contributed by atoms with Gasteiger partial charge in [0.15, 0.2) is 0 Å². The van der Waals surface area contributed by atoms with Crippen LogP contribution in [0.5, 0.6) is 0 Å². The van der Waals surface area contributed by atoms with Crippen LogP contribution >= 0.6 is 0 Å². The Morgan fingerprint density at radius 3 is 2.20 bits per heavy atom. The molecule has 1 rings (SSSR count). The first-order chi connectivity index (χ1) is 6.68. The molecule has 0 unspecified atom stereocenters. The average molecular weight is 228 g/mol. The van der Waals surface area contributed by atoms with E-state index in [1.807, 2.05) is 0 Å². The Labute approximate surface area is 96.3 Å². The first-order valence-electron chi connectivity index (χ1n) is 6.40. The van der Waals surface area contributed by atoms with Crippen molar-refractivity contribution in [3.63, 3.8) is 0 Å². The molecule has 2 heteroatoms. The Morgan fingerprint density at radius 1 is 1.27 bits per heavy atom. The van der Waals surface area contributed by atoms with Crippen LogP contribution in [0.15, 0.2) is 0 Å². The molecule has 1 N–H and O–H groups in total. The minimum atomic E-state index is -1.05. The molecule has 0 heterocycles. The lowest BCUT2D eigenvalue weighted by Gasteiger charge is -2.40. The number of hydrogen-bond donors (Lipinski definition) is 1. The normalized spacial score (nSPS) is 37.6. The second-order valence-corrected chi connectivity index (χ2v) is 12.5. The number of aliphatic hydroxyl groups is 1. The number of rotatable bonds is 3. The topological polar surface area (TPSA) is 20.2 Å². The van der Waals surface area contributed by atoms with Crippen LogP contribution in [0.25, 0.3) is 0 Å². The second kappa shape index (κ2) is 4.21. The molecule has 0 radical (unpaired) electrons. The quantitative estimate of drug-likeness (QED) is 0.729. The van der Waals surface area contributed by atoms with Gasteiger partial charge in [0, 0.05) is 8.07 Å². The van der Waals surface area contributed by atoms with Crippen LogP contribution in [-0.4, -0.2) is 18.8 Å². The molecule has 0 bridgehead atoms. The van der Waals surface area contributed by atoms with E-state index in [1.165, 1.54) is 18.9 Å². The van der Waals surface area contributed by atoms with E-state index < -0.39 is 8.07 Å². The van der Waals surface area contributed by atoms with Crippen molar-refractivity contribution >= 4 is 8.07 Å². The van der Waals surface area contributed by atoms with Crippen LogP contribution in [0.2, 0.25) is 25.7 Å². The van der Waals surface area contributed by atoms with Gasteiger partial charge in [-0.05, 0) is 30.6 Å². The van der Waals surface area contributed by atoms with E-state index in [0.717, 1.165) is 0 Å². The summed E-state index contributed by atoms with van der Waals surface area (Å²) in [6, 6.07) is 1.28. The molecule has 0 aromatic carbocycles. The molecule has 1 aliphatic carbocycles. The van der Waals surface area contributed by atoms with Crippen LogP contribution in [0.1, 0.15) is 33.6 Å². The smallest absolute Gasteiger partial charge is 0.0721 e. The van der Waals surface area contributed by atoms with Crippen LogP contribution in [0.3, 0.4) is 0 Å². The van der Waals surface area contributed by atoms with E-state index in [-0.39, 0.29) is 5.60 Å². The maximum absolute atomic E-state index is 10.9. The Hall–Kier alpha value is 0.177. The molecule has 0 spiro atoms. The fourth-order valence-corrected chi connectivity index (χ4v) is 5.37. The van der Waals surface area contributed by atoms with Crippen LogP contribution in [-0.2, 0) is 0 Å². The third-order valence-electron chi connectivity index (χ3n) is 4.18. The lowest BCUT2D eigenvalue weighted by atomic mass is 9.77. The van der Waals surface area contributed by atoms with E-state index in [2.05, 4.69) is 40.4 Å². The van der Waals surface area contributed by atoms with Gasteiger partial charge in [-0.1, -0.05) is 46.5 Å². The highest BCUT2D eigenvalue weighted by molar-refractivity contribution is 6.76. The van der Waals surface area contributed by atoms with E-state index in [1.54, 1.807) is 0 Å². The van der Waals surface area contributed by atoms with Crippen LogP contribution in [0.4, 0.5) is 0 Å². The molecule has 0 aromatic heterocycles. The minimum Gasteiger partial charge on any atom is -0.389 e. The molecular weight excluding hydrogens is 200 g/mol. The Morgan fingerprint density at radius 2 is 1.80 bits per heavy atom. The maximum Gasteiger partial charge on any atom is 0.0721 e. The Bertz CT molecular complexity index is 219. The highest BCUT2D eigenvalue weighted by Gasteiger charge is 2.49. The van der Waals surface area contributed by atoms with Gasteiger partial charge >= 0.3 is 0 Å². The largest absolute Gasteiger partial charge is 0.389 e. The van der Waals surface area contributed by atoms with Gasteiger partial charge in [0.2, 0.25) is 0 Å². The SMILES string of the molecule is CC(C)[C@]1(O)[C@H](C[Si](C)(C)C)CC[C@@H]1C. The molecule has 3 atom stereocenters. The van der Waals surface area contributed by atoms with Crippen LogP contribution < -0.4 is 0 Å². The zero-order chi connectivity index (χ0) is 11.9. The van der Waals surface area contributed by atoms with Crippen molar-refractivity contribution in [1.82, 2.24) is 0 Å². The number of hydrogen-bond acceptors (Lipinski definition) is 1. The van der Waals surface area contributed by atoms with Crippen molar-refractivity contribution in [3.05, 3.63) is 0 Å². The fraction of sp³-hybridized carbons (Fsp3) is 1.00. The molecule has 1 fully saturated rings. The highest BCUT2D eigenvalue weighted by Crippen LogP contribution is 2.48. The summed E-state index contributed by atoms with van der Waals surface area (Å²) in [4.78, 5) is 0. The van der Waals surface area contributed by atoms with E-state index in [4.69, 9.17) is 0 Å². The molecule has 0 aromatic rings. The standard InChI is InChI=1S/C13H28OSi/c1-10(2)13(14)11(3)7-8-12(13)9-15(4,5)6/h10-12,14H,7-9H2,1-6H3/t11-,12-,13+/m0/s1. The fourth-order valence-electron chi connectivity index (χ4n) is 3.36. The summed E-state index contributed by atoms with van der Waals surface area (Å²) >= 11 is 0. The predicted octanol–water partition coefficient (Wildman–Crippen LogP) is 3.76. The summed E-state index contributed by atoms with van der Waals surface area (Å²) in [5.41, 5.74) is -0.389. The predicted molar refractivity (Wildman–Crippen MR) is 69.8 cm³/mol. The summed E-state index contributed by atoms with van der Waals surface area (Å²) < 4.78 is 0. The first kappa shape index (κ1) is 13.2. The molecule has 1 nitrogen and oxygen atoms in total. The van der Waals surface area contributed by atoms with E-state index in [0.29, 0.717) is 17.8 Å². The second-order valence-electron chi connectivity index (χ2n) is 6.98. The van der Waals surface area contributed by atoms with E-state index in [9.17, 15) is 5.11 Å². The summed E-state index contributed by atoms with van der Waals surface area (Å²) in [5.74, 6) is 1.44. The van der Waals surface area contributed by atoms with Crippen molar-refractivity contribution in [2.45, 2.75) is 64.9 Å². The highest BCUT2D eigenvalue weighted by atomic mass is 28.3. The zero-order valence-electron chi connectivity index (χ0n) is 11.3. The lowest BCUT2D eigenvalue weighted by Crippen LogP contribution is -2.46. The third-order valence-corrected chi connectivity index (χ3v) is 5.89. The van der Waals surface area contributed by atoms with Gasteiger partial charge in [-0.25, -0.2) is 0 Å². The lowest BCUT2D eigenvalue weighted by molar-refractivity contribution is -0.0655.